The van der Waals surface area contributed by atoms with Crippen molar-refractivity contribution < 1.29 is 5.11 Å². The second-order valence-electron chi connectivity index (χ2n) is 3.48. The molecule has 0 aliphatic rings. The van der Waals surface area contributed by atoms with E-state index in [-0.39, 0.29) is 6.10 Å². The van der Waals surface area contributed by atoms with E-state index in [1.54, 1.807) is 0 Å². The molecular formula is C11H14BrClO. The first kappa shape index (κ1) is 12.0. The van der Waals surface area contributed by atoms with Crippen LogP contribution >= 0.6 is 27.5 Å². The van der Waals surface area contributed by atoms with Crippen LogP contribution in [0.3, 0.4) is 0 Å². The fourth-order valence-electron chi connectivity index (χ4n) is 1.31. The Bertz CT molecular complexity index is 299. The van der Waals surface area contributed by atoms with Gasteiger partial charge in [0.1, 0.15) is 0 Å². The standard InChI is InChI=1S/C11H14BrClO/c1-8(14)3-2-4-9-5-6-10(12)7-11(9)13/h5-8,14H,2-4H2,1H3. The van der Waals surface area contributed by atoms with Gasteiger partial charge in [-0.2, -0.15) is 0 Å². The van der Waals surface area contributed by atoms with Crippen molar-refractivity contribution in [2.75, 3.05) is 0 Å². The van der Waals surface area contributed by atoms with Crippen molar-refractivity contribution in [3.8, 4) is 0 Å². The Labute approximate surface area is 98.2 Å². The molecule has 0 amide bonds. The summed E-state index contributed by atoms with van der Waals surface area (Å²) in [7, 11) is 0. The summed E-state index contributed by atoms with van der Waals surface area (Å²) < 4.78 is 1.00. The third-order valence-electron chi connectivity index (χ3n) is 2.08. The van der Waals surface area contributed by atoms with Crippen molar-refractivity contribution in [2.45, 2.75) is 32.3 Å². The quantitative estimate of drug-likeness (QED) is 0.887. The van der Waals surface area contributed by atoms with Gasteiger partial charge in [0.15, 0.2) is 0 Å². The molecule has 14 heavy (non-hydrogen) atoms. The predicted molar refractivity (Wildman–Crippen MR) is 63.8 cm³/mol. The molecule has 0 bridgehead atoms. The number of hydrogen-bond donors (Lipinski definition) is 1. The van der Waals surface area contributed by atoms with Gasteiger partial charge in [-0.15, -0.1) is 0 Å². The molecule has 0 saturated heterocycles. The molecule has 1 aromatic rings. The average Bonchev–Trinajstić information content (AvgIpc) is 2.08. The summed E-state index contributed by atoms with van der Waals surface area (Å²) in [4.78, 5) is 0. The van der Waals surface area contributed by atoms with Crippen LogP contribution in [0.25, 0.3) is 0 Å². The average molecular weight is 278 g/mol. The van der Waals surface area contributed by atoms with Gasteiger partial charge in [-0.1, -0.05) is 33.6 Å². The molecule has 1 atom stereocenters. The minimum absolute atomic E-state index is 0.218. The highest BCUT2D eigenvalue weighted by Gasteiger charge is 2.02. The third-order valence-corrected chi connectivity index (χ3v) is 2.93. The van der Waals surface area contributed by atoms with E-state index in [4.69, 9.17) is 16.7 Å². The molecule has 1 rings (SSSR count). The lowest BCUT2D eigenvalue weighted by Gasteiger charge is -2.06. The van der Waals surface area contributed by atoms with Crippen molar-refractivity contribution in [1.29, 1.82) is 0 Å². The number of benzene rings is 1. The molecular weight excluding hydrogens is 263 g/mol. The normalized spacial score (nSPS) is 12.9. The van der Waals surface area contributed by atoms with Gasteiger partial charge in [0, 0.05) is 9.50 Å². The Morgan fingerprint density at radius 2 is 2.21 bits per heavy atom. The highest BCUT2D eigenvalue weighted by atomic mass is 79.9. The lowest BCUT2D eigenvalue weighted by Crippen LogP contribution is -2.00. The smallest absolute Gasteiger partial charge is 0.0512 e. The molecule has 3 heteroatoms. The molecule has 1 nitrogen and oxygen atoms in total. The van der Waals surface area contributed by atoms with Crippen molar-refractivity contribution in [3.63, 3.8) is 0 Å². The molecule has 1 N–H and O–H groups in total. The monoisotopic (exact) mass is 276 g/mol. The van der Waals surface area contributed by atoms with E-state index in [0.717, 1.165) is 34.3 Å². The van der Waals surface area contributed by atoms with Crippen LogP contribution in [0.1, 0.15) is 25.3 Å². The van der Waals surface area contributed by atoms with E-state index in [9.17, 15) is 0 Å². The minimum Gasteiger partial charge on any atom is -0.393 e. The maximum atomic E-state index is 9.10. The van der Waals surface area contributed by atoms with E-state index in [0.29, 0.717) is 0 Å². The van der Waals surface area contributed by atoms with Crippen LogP contribution in [0, 0.1) is 0 Å². The molecule has 0 saturated carbocycles. The van der Waals surface area contributed by atoms with Gasteiger partial charge in [-0.25, -0.2) is 0 Å². The molecule has 1 aromatic carbocycles. The highest BCUT2D eigenvalue weighted by Crippen LogP contribution is 2.22. The van der Waals surface area contributed by atoms with Crippen molar-refractivity contribution >= 4 is 27.5 Å². The van der Waals surface area contributed by atoms with Gasteiger partial charge >= 0.3 is 0 Å². The number of aliphatic hydroxyl groups excluding tert-OH is 1. The van der Waals surface area contributed by atoms with Gasteiger partial charge in [-0.3, -0.25) is 0 Å². The van der Waals surface area contributed by atoms with Crippen LogP contribution in [0.5, 0.6) is 0 Å². The Kier molecular flexibility index (Phi) is 4.93. The van der Waals surface area contributed by atoms with Crippen LogP contribution in [-0.4, -0.2) is 11.2 Å². The zero-order chi connectivity index (χ0) is 10.6. The first-order valence-electron chi connectivity index (χ1n) is 4.71. The van der Waals surface area contributed by atoms with Crippen LogP contribution in [0.4, 0.5) is 0 Å². The van der Waals surface area contributed by atoms with E-state index in [2.05, 4.69) is 15.9 Å². The molecule has 1 unspecified atom stereocenters. The molecule has 0 aliphatic carbocycles. The Balaban J connectivity index is 2.51. The Morgan fingerprint density at radius 3 is 2.79 bits per heavy atom. The molecule has 0 spiro atoms. The van der Waals surface area contributed by atoms with Crippen LogP contribution in [0.2, 0.25) is 5.02 Å². The summed E-state index contributed by atoms with van der Waals surface area (Å²) in [6.07, 6.45) is 2.51. The lowest BCUT2D eigenvalue weighted by atomic mass is 10.1. The maximum Gasteiger partial charge on any atom is 0.0512 e. The SMILES string of the molecule is CC(O)CCCc1ccc(Br)cc1Cl. The molecule has 0 aromatic heterocycles. The summed E-state index contributed by atoms with van der Waals surface area (Å²) in [6.45, 7) is 1.81. The molecule has 0 fully saturated rings. The fraction of sp³-hybridized carbons (Fsp3) is 0.455. The van der Waals surface area contributed by atoms with E-state index in [1.165, 1.54) is 0 Å². The van der Waals surface area contributed by atoms with Gasteiger partial charge < -0.3 is 5.11 Å². The summed E-state index contributed by atoms with van der Waals surface area (Å²) in [5.74, 6) is 0. The number of rotatable bonds is 4. The van der Waals surface area contributed by atoms with Crippen LogP contribution < -0.4 is 0 Å². The van der Waals surface area contributed by atoms with E-state index in [1.807, 2.05) is 25.1 Å². The number of aryl methyl sites for hydroxylation is 1. The molecule has 0 heterocycles. The van der Waals surface area contributed by atoms with E-state index < -0.39 is 0 Å². The molecule has 78 valence electrons. The highest BCUT2D eigenvalue weighted by molar-refractivity contribution is 9.10. The third kappa shape index (κ3) is 3.99. The zero-order valence-electron chi connectivity index (χ0n) is 8.13. The summed E-state index contributed by atoms with van der Waals surface area (Å²) >= 11 is 9.42. The fourth-order valence-corrected chi connectivity index (χ4v) is 2.08. The summed E-state index contributed by atoms with van der Waals surface area (Å²) in [6, 6.07) is 5.91. The Morgan fingerprint density at radius 1 is 1.50 bits per heavy atom. The zero-order valence-corrected chi connectivity index (χ0v) is 10.5. The van der Waals surface area contributed by atoms with Gasteiger partial charge in [-0.05, 0) is 43.9 Å². The maximum absolute atomic E-state index is 9.10. The first-order chi connectivity index (χ1) is 6.59. The number of halogens is 2. The first-order valence-corrected chi connectivity index (χ1v) is 5.88. The topological polar surface area (TPSA) is 20.2 Å². The molecule has 0 aliphatic heterocycles. The van der Waals surface area contributed by atoms with Crippen molar-refractivity contribution in [3.05, 3.63) is 33.3 Å². The predicted octanol–water partition coefficient (Wildman–Crippen LogP) is 3.81. The minimum atomic E-state index is -0.218. The van der Waals surface area contributed by atoms with Crippen molar-refractivity contribution in [1.82, 2.24) is 0 Å². The van der Waals surface area contributed by atoms with Crippen LogP contribution in [0.15, 0.2) is 22.7 Å². The van der Waals surface area contributed by atoms with Gasteiger partial charge in [0.25, 0.3) is 0 Å². The lowest BCUT2D eigenvalue weighted by molar-refractivity contribution is 0.182. The number of aliphatic hydroxyl groups is 1. The summed E-state index contributed by atoms with van der Waals surface area (Å²) in [5, 5.41) is 9.90. The van der Waals surface area contributed by atoms with Crippen LogP contribution in [-0.2, 0) is 6.42 Å². The molecule has 0 radical (unpaired) electrons. The van der Waals surface area contributed by atoms with Crippen molar-refractivity contribution in [2.24, 2.45) is 0 Å². The Hall–Kier alpha value is -0.0500. The number of hydrogen-bond acceptors (Lipinski definition) is 1. The second kappa shape index (κ2) is 5.74. The summed E-state index contributed by atoms with van der Waals surface area (Å²) in [5.41, 5.74) is 1.15. The largest absolute Gasteiger partial charge is 0.393 e. The second-order valence-corrected chi connectivity index (χ2v) is 4.80. The van der Waals surface area contributed by atoms with Gasteiger partial charge in [0.05, 0.1) is 6.10 Å². The van der Waals surface area contributed by atoms with E-state index >= 15 is 0 Å². The van der Waals surface area contributed by atoms with Gasteiger partial charge in [0.2, 0.25) is 0 Å².